The third kappa shape index (κ3) is 4.22. The lowest BCUT2D eigenvalue weighted by atomic mass is 10.1. The van der Waals surface area contributed by atoms with Gasteiger partial charge in [0.2, 0.25) is 5.78 Å². The molecule has 0 unspecified atom stereocenters. The lowest BCUT2D eigenvalue weighted by molar-refractivity contribution is 0.104. The molecule has 0 atom stereocenters. The van der Waals surface area contributed by atoms with Gasteiger partial charge in [-0.1, -0.05) is 53.7 Å². The van der Waals surface area contributed by atoms with E-state index in [0.717, 1.165) is 26.1 Å². The van der Waals surface area contributed by atoms with Crippen molar-refractivity contribution in [1.29, 1.82) is 0 Å². The third-order valence-electron chi connectivity index (χ3n) is 4.45. The fourth-order valence-corrected chi connectivity index (χ4v) is 4.83. The second-order valence-electron chi connectivity index (χ2n) is 6.35. The van der Waals surface area contributed by atoms with Gasteiger partial charge in [-0.05, 0) is 57.9 Å². The zero-order valence-electron chi connectivity index (χ0n) is 15.4. The van der Waals surface area contributed by atoms with Gasteiger partial charge in [0.1, 0.15) is 6.61 Å². The Labute approximate surface area is 186 Å². The molecule has 29 heavy (non-hydrogen) atoms. The van der Waals surface area contributed by atoms with Crippen molar-refractivity contribution in [1.82, 2.24) is 0 Å². The fourth-order valence-electron chi connectivity index (χ4n) is 3.02. The number of hydrogen-bond donors (Lipinski definition) is 0. The van der Waals surface area contributed by atoms with E-state index in [4.69, 9.17) is 21.1 Å². The van der Waals surface area contributed by atoms with Gasteiger partial charge >= 0.3 is 0 Å². The molecule has 0 bridgehead atoms. The van der Waals surface area contributed by atoms with E-state index >= 15 is 0 Å². The number of carbonyl (C=O) groups excluding carboxylic acids is 1. The highest BCUT2D eigenvalue weighted by Gasteiger charge is 2.25. The molecule has 0 N–H and O–H groups in total. The van der Waals surface area contributed by atoms with E-state index in [0.29, 0.717) is 28.0 Å². The highest BCUT2D eigenvalue weighted by atomic mass is 79.9. The van der Waals surface area contributed by atoms with Gasteiger partial charge in [0, 0.05) is 21.0 Å². The highest BCUT2D eigenvalue weighted by molar-refractivity contribution is 9.10. The standard InChI is InChI=1S/C23H16BrClO3S/c1-27-19-11-14(12-21-22(26)16-7-3-5-9-20(16)29-21)10-17(24)23(19)28-13-15-6-2-4-8-18(15)25/h2-12H,13H2,1H3/b21-12+. The molecule has 0 spiro atoms. The molecule has 0 saturated heterocycles. The molecule has 0 saturated carbocycles. The van der Waals surface area contributed by atoms with Gasteiger partial charge in [-0.2, -0.15) is 0 Å². The average molecular weight is 488 g/mol. The second kappa shape index (κ2) is 8.66. The lowest BCUT2D eigenvalue weighted by Gasteiger charge is -2.14. The number of carbonyl (C=O) groups is 1. The number of benzene rings is 3. The Bertz CT molecular complexity index is 1130. The summed E-state index contributed by atoms with van der Waals surface area (Å²) >= 11 is 11.3. The molecule has 3 nitrogen and oxygen atoms in total. The molecule has 146 valence electrons. The number of ether oxygens (including phenoxy) is 2. The number of hydrogen-bond acceptors (Lipinski definition) is 4. The zero-order valence-corrected chi connectivity index (χ0v) is 18.6. The largest absolute Gasteiger partial charge is 0.493 e. The van der Waals surface area contributed by atoms with Gasteiger partial charge in [0.25, 0.3) is 0 Å². The van der Waals surface area contributed by atoms with Crippen molar-refractivity contribution in [2.24, 2.45) is 0 Å². The van der Waals surface area contributed by atoms with Crippen LogP contribution in [0.4, 0.5) is 0 Å². The van der Waals surface area contributed by atoms with Crippen molar-refractivity contribution in [2.75, 3.05) is 7.11 Å². The number of thioether (sulfide) groups is 1. The van der Waals surface area contributed by atoms with E-state index in [-0.39, 0.29) is 5.78 Å². The first kappa shape index (κ1) is 20.1. The minimum absolute atomic E-state index is 0.0414. The molecule has 0 amide bonds. The van der Waals surface area contributed by atoms with Crippen LogP contribution in [0.2, 0.25) is 5.02 Å². The van der Waals surface area contributed by atoms with E-state index in [1.54, 1.807) is 7.11 Å². The summed E-state index contributed by atoms with van der Waals surface area (Å²) in [6.07, 6.45) is 1.87. The Morgan fingerprint density at radius 2 is 1.86 bits per heavy atom. The maximum Gasteiger partial charge on any atom is 0.200 e. The van der Waals surface area contributed by atoms with Crippen molar-refractivity contribution >= 4 is 51.2 Å². The van der Waals surface area contributed by atoms with Crippen molar-refractivity contribution in [3.05, 3.63) is 91.8 Å². The van der Waals surface area contributed by atoms with Crippen LogP contribution in [0.5, 0.6) is 11.5 Å². The van der Waals surface area contributed by atoms with Crippen LogP contribution in [-0.2, 0) is 6.61 Å². The zero-order chi connectivity index (χ0) is 20.4. The Morgan fingerprint density at radius 1 is 1.10 bits per heavy atom. The van der Waals surface area contributed by atoms with Gasteiger partial charge in [-0.3, -0.25) is 4.79 Å². The first-order valence-corrected chi connectivity index (χ1v) is 10.8. The molecule has 0 aromatic heterocycles. The van der Waals surface area contributed by atoms with E-state index in [1.807, 2.05) is 66.7 Å². The predicted molar refractivity (Wildman–Crippen MR) is 121 cm³/mol. The van der Waals surface area contributed by atoms with Crippen LogP contribution < -0.4 is 9.47 Å². The summed E-state index contributed by atoms with van der Waals surface area (Å²) in [4.78, 5) is 14.3. The molecule has 3 aromatic carbocycles. The Hall–Kier alpha value is -2.21. The van der Waals surface area contributed by atoms with Crippen molar-refractivity contribution in [2.45, 2.75) is 11.5 Å². The molecule has 3 aromatic rings. The van der Waals surface area contributed by atoms with E-state index < -0.39 is 0 Å². The molecule has 0 aliphatic carbocycles. The number of fused-ring (bicyclic) bond motifs is 1. The molecule has 1 aliphatic heterocycles. The SMILES string of the molecule is COc1cc(/C=C2/Sc3ccccc3C2=O)cc(Br)c1OCc1ccccc1Cl. The number of halogens is 2. The summed E-state index contributed by atoms with van der Waals surface area (Å²) in [7, 11) is 1.59. The molecule has 0 radical (unpaired) electrons. The van der Waals surface area contributed by atoms with Crippen LogP contribution in [0, 0.1) is 0 Å². The van der Waals surface area contributed by atoms with Crippen LogP contribution in [0.1, 0.15) is 21.5 Å². The normalized spacial score (nSPS) is 14.2. The Balaban J connectivity index is 1.60. The van der Waals surface area contributed by atoms with Gasteiger partial charge in [0.15, 0.2) is 11.5 Å². The minimum Gasteiger partial charge on any atom is -0.493 e. The summed E-state index contributed by atoms with van der Waals surface area (Å²) in [5.74, 6) is 1.20. The minimum atomic E-state index is 0.0414. The van der Waals surface area contributed by atoms with E-state index in [2.05, 4.69) is 15.9 Å². The maximum atomic E-state index is 12.6. The molecule has 6 heteroatoms. The van der Waals surface area contributed by atoms with Crippen LogP contribution in [0.15, 0.2) is 74.9 Å². The number of allylic oxidation sites excluding steroid dienone is 1. The highest BCUT2D eigenvalue weighted by Crippen LogP contribution is 2.42. The molecule has 1 heterocycles. The Kier molecular flexibility index (Phi) is 5.99. The molecule has 4 rings (SSSR count). The van der Waals surface area contributed by atoms with Crippen LogP contribution >= 0.6 is 39.3 Å². The number of ketones is 1. The maximum absolute atomic E-state index is 12.6. The third-order valence-corrected chi connectivity index (χ3v) is 6.51. The Morgan fingerprint density at radius 3 is 2.62 bits per heavy atom. The van der Waals surface area contributed by atoms with Crippen molar-refractivity contribution in [3.63, 3.8) is 0 Å². The van der Waals surface area contributed by atoms with Crippen molar-refractivity contribution < 1.29 is 14.3 Å². The smallest absolute Gasteiger partial charge is 0.200 e. The molecular formula is C23H16BrClO3S. The fraction of sp³-hybridized carbons (Fsp3) is 0.0870. The predicted octanol–water partition coefficient (Wildman–Crippen LogP) is 7.02. The summed E-state index contributed by atoms with van der Waals surface area (Å²) in [6, 6.07) is 18.9. The summed E-state index contributed by atoms with van der Waals surface area (Å²) < 4.78 is 12.2. The molecular weight excluding hydrogens is 472 g/mol. The molecule has 1 aliphatic rings. The quantitative estimate of drug-likeness (QED) is 0.362. The number of Topliss-reactive ketones (excluding diaryl/α,β-unsaturated/α-hetero) is 1. The van der Waals surface area contributed by atoms with Gasteiger partial charge in [0.05, 0.1) is 16.5 Å². The first-order valence-electron chi connectivity index (χ1n) is 8.84. The van der Waals surface area contributed by atoms with E-state index in [9.17, 15) is 4.79 Å². The molecule has 0 fully saturated rings. The summed E-state index contributed by atoms with van der Waals surface area (Å²) in [5, 5.41) is 0.653. The topological polar surface area (TPSA) is 35.5 Å². The summed E-state index contributed by atoms with van der Waals surface area (Å²) in [5.41, 5.74) is 2.48. The van der Waals surface area contributed by atoms with E-state index in [1.165, 1.54) is 11.8 Å². The monoisotopic (exact) mass is 486 g/mol. The summed E-state index contributed by atoms with van der Waals surface area (Å²) in [6.45, 7) is 0.318. The lowest BCUT2D eigenvalue weighted by Crippen LogP contribution is -2.00. The first-order chi connectivity index (χ1) is 14.1. The number of rotatable bonds is 5. The van der Waals surface area contributed by atoms with Gasteiger partial charge in [-0.15, -0.1) is 0 Å². The van der Waals surface area contributed by atoms with Crippen LogP contribution in [-0.4, -0.2) is 12.9 Å². The van der Waals surface area contributed by atoms with Crippen molar-refractivity contribution in [3.8, 4) is 11.5 Å². The van der Waals surface area contributed by atoms with Gasteiger partial charge in [-0.25, -0.2) is 0 Å². The van der Waals surface area contributed by atoms with Crippen LogP contribution in [0.25, 0.3) is 6.08 Å². The average Bonchev–Trinajstić information content (AvgIpc) is 3.03. The second-order valence-corrected chi connectivity index (χ2v) is 8.70. The number of methoxy groups -OCH3 is 1. The van der Waals surface area contributed by atoms with Gasteiger partial charge < -0.3 is 9.47 Å². The van der Waals surface area contributed by atoms with Crippen LogP contribution in [0.3, 0.4) is 0 Å².